The predicted octanol–water partition coefficient (Wildman–Crippen LogP) is 1.80. The highest BCUT2D eigenvalue weighted by Crippen LogP contribution is 2.20. The first kappa shape index (κ1) is 16.0. The van der Waals surface area contributed by atoms with Crippen molar-refractivity contribution in [3.63, 3.8) is 0 Å². The maximum absolute atomic E-state index is 12.3. The first-order valence-corrected chi connectivity index (χ1v) is 7.79. The van der Waals surface area contributed by atoms with Gasteiger partial charge in [-0.3, -0.25) is 4.90 Å². The molecule has 1 N–H and O–H groups in total. The van der Waals surface area contributed by atoms with Crippen LogP contribution in [-0.4, -0.2) is 58.4 Å². The van der Waals surface area contributed by atoms with E-state index in [1.54, 1.807) is 4.90 Å². The van der Waals surface area contributed by atoms with Gasteiger partial charge in [0.15, 0.2) is 0 Å². The highest BCUT2D eigenvalue weighted by molar-refractivity contribution is 5.69. The Morgan fingerprint density at radius 3 is 2.62 bits per heavy atom. The number of aliphatic hydroxyl groups is 1. The Labute approximate surface area is 127 Å². The van der Waals surface area contributed by atoms with Crippen LogP contribution in [-0.2, 0) is 4.74 Å². The zero-order valence-electron chi connectivity index (χ0n) is 13.3. The van der Waals surface area contributed by atoms with Crippen molar-refractivity contribution in [2.24, 2.45) is 0 Å². The van der Waals surface area contributed by atoms with Crippen molar-refractivity contribution < 1.29 is 14.6 Å². The molecule has 2 rings (SSSR count). The van der Waals surface area contributed by atoms with E-state index in [-0.39, 0.29) is 18.2 Å². The van der Waals surface area contributed by atoms with Crippen LogP contribution >= 0.6 is 0 Å². The van der Waals surface area contributed by atoms with E-state index in [0.717, 1.165) is 32.2 Å². The molecule has 2 fully saturated rings. The van der Waals surface area contributed by atoms with Crippen molar-refractivity contribution in [1.82, 2.24) is 9.80 Å². The molecule has 118 valence electrons. The molecule has 2 heterocycles. The summed E-state index contributed by atoms with van der Waals surface area (Å²) in [5, 5.41) is 9.51. The lowest BCUT2D eigenvalue weighted by Gasteiger charge is -2.34. The molecule has 0 spiro atoms. The van der Waals surface area contributed by atoms with Crippen LogP contribution in [0.25, 0.3) is 0 Å². The first-order chi connectivity index (χ1) is 9.85. The van der Waals surface area contributed by atoms with Crippen LogP contribution in [0.5, 0.6) is 0 Å². The summed E-state index contributed by atoms with van der Waals surface area (Å²) < 4.78 is 5.46. The van der Waals surface area contributed by atoms with Gasteiger partial charge in [0.05, 0.1) is 18.7 Å². The van der Waals surface area contributed by atoms with E-state index in [4.69, 9.17) is 4.74 Å². The minimum atomic E-state index is -0.481. The number of amides is 1. The Bertz CT molecular complexity index is 433. The van der Waals surface area contributed by atoms with E-state index < -0.39 is 5.60 Å². The molecule has 0 saturated carbocycles. The summed E-state index contributed by atoms with van der Waals surface area (Å²) in [6.45, 7) is 7.74. The lowest BCUT2D eigenvalue weighted by molar-refractivity contribution is 0.0158. The normalized spacial score (nSPS) is 26.3. The van der Waals surface area contributed by atoms with Crippen molar-refractivity contribution in [3.05, 3.63) is 0 Å². The zero-order chi connectivity index (χ0) is 15.5. The van der Waals surface area contributed by atoms with Crippen molar-refractivity contribution in [2.45, 2.75) is 64.2 Å². The molecule has 5 nitrogen and oxygen atoms in total. The summed E-state index contributed by atoms with van der Waals surface area (Å²) in [5.41, 5.74) is -0.481. The van der Waals surface area contributed by atoms with Crippen LogP contribution < -0.4 is 0 Å². The Morgan fingerprint density at radius 1 is 1.24 bits per heavy atom. The van der Waals surface area contributed by atoms with Crippen molar-refractivity contribution in [1.29, 1.82) is 0 Å². The van der Waals surface area contributed by atoms with Gasteiger partial charge in [0.25, 0.3) is 0 Å². The first-order valence-electron chi connectivity index (χ1n) is 7.79. The monoisotopic (exact) mass is 294 g/mol. The predicted molar refractivity (Wildman–Crippen MR) is 80.6 cm³/mol. The van der Waals surface area contributed by atoms with Crippen molar-refractivity contribution in [3.8, 4) is 12.0 Å². The van der Waals surface area contributed by atoms with Crippen LogP contribution in [0.2, 0.25) is 0 Å². The van der Waals surface area contributed by atoms with Gasteiger partial charge in [-0.15, -0.1) is 0 Å². The number of piperidine rings is 1. The average molecular weight is 294 g/mol. The molecule has 0 bridgehead atoms. The van der Waals surface area contributed by atoms with E-state index in [9.17, 15) is 9.90 Å². The molecule has 0 radical (unpaired) electrons. The van der Waals surface area contributed by atoms with Gasteiger partial charge in [0.2, 0.25) is 0 Å². The summed E-state index contributed by atoms with van der Waals surface area (Å²) in [6.07, 6.45) is 3.20. The molecule has 0 aromatic heterocycles. The average Bonchev–Trinajstić information content (AvgIpc) is 2.80. The second kappa shape index (κ2) is 6.57. The number of rotatable bonds is 0. The highest BCUT2D eigenvalue weighted by atomic mass is 16.6. The summed E-state index contributed by atoms with van der Waals surface area (Å²) in [5.74, 6) is 3.19. The van der Waals surface area contributed by atoms with Crippen LogP contribution in [0.4, 0.5) is 4.79 Å². The van der Waals surface area contributed by atoms with Crippen LogP contribution in [0.15, 0.2) is 0 Å². The fourth-order valence-electron chi connectivity index (χ4n) is 2.63. The SMILES string of the molecule is CC(C)(C)OC(=O)N1CCCCC1C#CN1CC[C@H](O)C1. The molecule has 0 aromatic rings. The molecule has 5 heteroatoms. The molecule has 2 atom stereocenters. The van der Waals surface area contributed by atoms with Crippen molar-refractivity contribution in [2.75, 3.05) is 19.6 Å². The van der Waals surface area contributed by atoms with Gasteiger partial charge in [-0.1, -0.05) is 5.92 Å². The Morgan fingerprint density at radius 2 is 2.00 bits per heavy atom. The van der Waals surface area contributed by atoms with E-state index in [2.05, 4.69) is 12.0 Å². The third kappa shape index (κ3) is 4.82. The minimum Gasteiger partial charge on any atom is -0.444 e. The molecule has 2 aliphatic rings. The minimum absolute atomic E-state index is 0.0775. The van der Waals surface area contributed by atoms with Gasteiger partial charge in [-0.05, 0) is 46.5 Å². The standard InChI is InChI=1S/C16H26N2O3/c1-16(2,3)21-15(20)18-9-5-4-6-13(18)7-10-17-11-8-14(19)12-17/h13-14,19H,4-6,8-9,11-12H2,1-3H3/t13?,14-/m0/s1. The highest BCUT2D eigenvalue weighted by Gasteiger charge is 2.29. The summed E-state index contributed by atoms with van der Waals surface area (Å²) in [4.78, 5) is 15.9. The quantitative estimate of drug-likeness (QED) is 0.692. The lowest BCUT2D eigenvalue weighted by atomic mass is 10.0. The third-order valence-corrected chi connectivity index (χ3v) is 3.68. The fraction of sp³-hybridized carbons (Fsp3) is 0.812. The largest absolute Gasteiger partial charge is 0.444 e. The van der Waals surface area contributed by atoms with Gasteiger partial charge in [-0.25, -0.2) is 4.79 Å². The van der Waals surface area contributed by atoms with E-state index >= 15 is 0 Å². The number of likely N-dealkylation sites (tertiary alicyclic amines) is 2. The van der Waals surface area contributed by atoms with Crippen molar-refractivity contribution >= 4 is 6.09 Å². The smallest absolute Gasteiger partial charge is 0.411 e. The van der Waals surface area contributed by atoms with E-state index in [1.807, 2.05) is 25.7 Å². The number of hydrogen-bond acceptors (Lipinski definition) is 4. The van der Waals surface area contributed by atoms with Crippen LogP contribution in [0.1, 0.15) is 46.5 Å². The zero-order valence-corrected chi connectivity index (χ0v) is 13.3. The molecule has 1 amide bonds. The summed E-state index contributed by atoms with van der Waals surface area (Å²) >= 11 is 0. The molecule has 21 heavy (non-hydrogen) atoms. The topological polar surface area (TPSA) is 53.0 Å². The number of hydrogen-bond donors (Lipinski definition) is 1. The molecular weight excluding hydrogens is 268 g/mol. The van der Waals surface area contributed by atoms with Crippen LogP contribution in [0.3, 0.4) is 0 Å². The lowest BCUT2D eigenvalue weighted by Crippen LogP contribution is -2.45. The molecule has 0 aliphatic carbocycles. The fourth-order valence-corrected chi connectivity index (χ4v) is 2.63. The number of β-amino-alcohol motifs (C(OH)–C–C–N with tert-alkyl or cyclic N) is 1. The van der Waals surface area contributed by atoms with Crippen LogP contribution in [0, 0.1) is 12.0 Å². The molecule has 2 aliphatic heterocycles. The molecule has 0 aromatic carbocycles. The van der Waals surface area contributed by atoms with Gasteiger partial charge in [-0.2, -0.15) is 0 Å². The summed E-state index contributed by atoms with van der Waals surface area (Å²) in [7, 11) is 0. The van der Waals surface area contributed by atoms with E-state index in [0.29, 0.717) is 13.1 Å². The maximum atomic E-state index is 12.3. The number of aliphatic hydroxyl groups excluding tert-OH is 1. The van der Waals surface area contributed by atoms with Gasteiger partial charge in [0, 0.05) is 19.1 Å². The summed E-state index contributed by atoms with van der Waals surface area (Å²) in [6, 6.07) is 3.03. The second-order valence-electron chi connectivity index (χ2n) is 6.83. The van der Waals surface area contributed by atoms with Gasteiger partial charge >= 0.3 is 6.09 Å². The third-order valence-electron chi connectivity index (χ3n) is 3.68. The van der Waals surface area contributed by atoms with E-state index in [1.165, 1.54) is 0 Å². The molecule has 2 saturated heterocycles. The second-order valence-corrected chi connectivity index (χ2v) is 6.83. The Balaban J connectivity index is 1.99. The molecular formula is C16H26N2O3. The number of ether oxygens (including phenoxy) is 1. The molecule has 1 unspecified atom stereocenters. The number of carbonyl (C=O) groups excluding carboxylic acids is 1. The number of carbonyl (C=O) groups is 1. The Hall–Kier alpha value is -1.41. The van der Waals surface area contributed by atoms with Gasteiger partial charge < -0.3 is 14.7 Å². The van der Waals surface area contributed by atoms with Gasteiger partial charge in [0.1, 0.15) is 5.60 Å². The number of nitrogens with zero attached hydrogens (tertiary/aromatic N) is 2. The maximum Gasteiger partial charge on any atom is 0.411 e. The Kier molecular flexibility index (Phi) is 5.00.